The van der Waals surface area contributed by atoms with Gasteiger partial charge >= 0.3 is 0 Å². The van der Waals surface area contributed by atoms with E-state index in [9.17, 15) is 4.79 Å². The maximum Gasteiger partial charge on any atom is 0.286 e. The summed E-state index contributed by atoms with van der Waals surface area (Å²) in [5.41, 5.74) is 3.28. The fraction of sp³-hybridized carbons (Fsp3) is 0.200. The average Bonchev–Trinajstić information content (AvgIpc) is 2.93. The van der Waals surface area contributed by atoms with Crippen LogP contribution in [0.2, 0.25) is 5.02 Å². The normalized spacial score (nSPS) is 11.5. The van der Waals surface area contributed by atoms with Gasteiger partial charge in [-0.2, -0.15) is 4.99 Å². The monoisotopic (exact) mass is 384 g/mol. The van der Waals surface area contributed by atoms with Crippen molar-refractivity contribution in [1.29, 1.82) is 0 Å². The first kappa shape index (κ1) is 18.2. The van der Waals surface area contributed by atoms with Gasteiger partial charge in [-0.1, -0.05) is 34.9 Å². The van der Waals surface area contributed by atoms with Crippen molar-refractivity contribution < 1.29 is 9.53 Å². The van der Waals surface area contributed by atoms with Gasteiger partial charge in [0, 0.05) is 5.02 Å². The molecule has 0 saturated carbocycles. The summed E-state index contributed by atoms with van der Waals surface area (Å²) in [5.74, 6) is 2.83. The third-order valence-corrected chi connectivity index (χ3v) is 5.24. The van der Waals surface area contributed by atoms with Gasteiger partial charge in [0.25, 0.3) is 5.91 Å². The number of aryl methyl sites for hydroxylation is 2. The molecule has 26 heavy (non-hydrogen) atoms. The van der Waals surface area contributed by atoms with Gasteiger partial charge in [0.15, 0.2) is 11.4 Å². The summed E-state index contributed by atoms with van der Waals surface area (Å²) < 4.78 is 8.43. The lowest BCUT2D eigenvalue weighted by molar-refractivity contribution is -0.120. The molecule has 6 heteroatoms. The van der Waals surface area contributed by atoms with Crippen LogP contribution in [0.3, 0.4) is 0 Å². The molecule has 0 fully saturated rings. The number of ether oxygens (including phenoxy) is 1. The Hall–Kier alpha value is -2.55. The second-order valence-electron chi connectivity index (χ2n) is 5.85. The molecule has 3 aromatic rings. The van der Waals surface area contributed by atoms with Crippen LogP contribution in [0.1, 0.15) is 11.1 Å². The van der Waals surface area contributed by atoms with Crippen LogP contribution >= 0.6 is 22.9 Å². The zero-order valence-electron chi connectivity index (χ0n) is 14.5. The van der Waals surface area contributed by atoms with Crippen molar-refractivity contribution in [2.75, 3.05) is 6.61 Å². The maximum absolute atomic E-state index is 12.3. The van der Waals surface area contributed by atoms with E-state index in [4.69, 9.17) is 22.8 Å². The Morgan fingerprint density at radius 3 is 2.73 bits per heavy atom. The first-order valence-electron chi connectivity index (χ1n) is 7.98. The van der Waals surface area contributed by atoms with Crippen LogP contribution in [-0.2, 0) is 11.3 Å². The largest absolute Gasteiger partial charge is 0.484 e. The maximum atomic E-state index is 12.3. The third-order valence-electron chi connectivity index (χ3n) is 3.76. The molecule has 0 atom stereocenters. The molecule has 4 nitrogen and oxygen atoms in total. The van der Waals surface area contributed by atoms with Gasteiger partial charge in [0.2, 0.25) is 0 Å². The lowest BCUT2D eigenvalue weighted by Crippen LogP contribution is -2.19. The van der Waals surface area contributed by atoms with Gasteiger partial charge in [0.05, 0.1) is 16.8 Å². The van der Waals surface area contributed by atoms with E-state index in [0.717, 1.165) is 21.3 Å². The average molecular weight is 385 g/mol. The van der Waals surface area contributed by atoms with Gasteiger partial charge in [-0.3, -0.25) is 4.79 Å². The molecule has 3 rings (SSSR count). The van der Waals surface area contributed by atoms with Crippen molar-refractivity contribution in [3.63, 3.8) is 0 Å². The fourth-order valence-corrected chi connectivity index (χ4v) is 3.88. The minimum absolute atomic E-state index is 0.149. The highest BCUT2D eigenvalue weighted by Gasteiger charge is 2.10. The van der Waals surface area contributed by atoms with Crippen molar-refractivity contribution in [1.82, 2.24) is 4.57 Å². The summed E-state index contributed by atoms with van der Waals surface area (Å²) >= 11 is 7.29. The summed E-state index contributed by atoms with van der Waals surface area (Å²) in [7, 11) is 0. The highest BCUT2D eigenvalue weighted by atomic mass is 35.5. The van der Waals surface area contributed by atoms with Gasteiger partial charge in [-0.05, 0) is 55.3 Å². The van der Waals surface area contributed by atoms with Crippen molar-refractivity contribution in [2.24, 2.45) is 4.99 Å². The minimum atomic E-state index is -0.369. The van der Waals surface area contributed by atoms with Crippen LogP contribution in [-0.4, -0.2) is 17.1 Å². The lowest BCUT2D eigenvalue weighted by atomic mass is 10.1. The molecular weight excluding hydrogens is 368 g/mol. The number of hydrogen-bond acceptors (Lipinski definition) is 3. The number of carbonyl (C=O) groups excluding carboxylic acids is 1. The highest BCUT2D eigenvalue weighted by Crippen LogP contribution is 2.23. The molecule has 0 aliphatic heterocycles. The molecule has 0 aliphatic carbocycles. The van der Waals surface area contributed by atoms with Gasteiger partial charge in [0.1, 0.15) is 5.75 Å². The van der Waals surface area contributed by atoms with Crippen LogP contribution in [0.25, 0.3) is 10.2 Å². The zero-order valence-corrected chi connectivity index (χ0v) is 16.0. The van der Waals surface area contributed by atoms with Gasteiger partial charge < -0.3 is 9.30 Å². The van der Waals surface area contributed by atoms with E-state index in [1.54, 1.807) is 24.3 Å². The first-order chi connectivity index (χ1) is 12.5. The van der Waals surface area contributed by atoms with E-state index in [1.807, 2.05) is 18.4 Å². The third kappa shape index (κ3) is 3.98. The minimum Gasteiger partial charge on any atom is -0.484 e. The second-order valence-corrected chi connectivity index (χ2v) is 7.27. The predicted molar refractivity (Wildman–Crippen MR) is 106 cm³/mol. The first-order valence-corrected chi connectivity index (χ1v) is 9.17. The van der Waals surface area contributed by atoms with E-state index in [1.165, 1.54) is 11.3 Å². The SMILES string of the molecule is C#CCn1c(=NC(=O)COc2ccc(Cl)cc2)sc2c(C)cc(C)cc21. The lowest BCUT2D eigenvalue weighted by Gasteiger charge is -2.04. The number of carbonyl (C=O) groups is 1. The molecule has 0 spiro atoms. The number of aromatic nitrogens is 1. The number of fused-ring (bicyclic) bond motifs is 1. The molecule has 2 aromatic carbocycles. The summed E-state index contributed by atoms with van der Waals surface area (Å²) in [6.07, 6.45) is 5.51. The number of thiazole rings is 1. The molecule has 1 heterocycles. The van der Waals surface area contributed by atoms with E-state index in [2.05, 4.69) is 23.0 Å². The highest BCUT2D eigenvalue weighted by molar-refractivity contribution is 7.16. The summed E-state index contributed by atoms with van der Waals surface area (Å²) in [6.45, 7) is 4.28. The number of amides is 1. The van der Waals surface area contributed by atoms with Crippen LogP contribution in [0.5, 0.6) is 5.75 Å². The smallest absolute Gasteiger partial charge is 0.286 e. The van der Waals surface area contributed by atoms with Crippen molar-refractivity contribution in [3.8, 4) is 18.1 Å². The Morgan fingerprint density at radius 1 is 1.31 bits per heavy atom. The van der Waals surface area contributed by atoms with Crippen molar-refractivity contribution >= 4 is 39.1 Å². The molecular formula is C20H17ClN2O2S. The van der Waals surface area contributed by atoms with Crippen LogP contribution in [0, 0.1) is 26.2 Å². The second kappa shape index (κ2) is 7.77. The van der Waals surface area contributed by atoms with E-state index >= 15 is 0 Å². The molecule has 0 radical (unpaired) electrons. The van der Waals surface area contributed by atoms with Crippen LogP contribution in [0.15, 0.2) is 41.4 Å². The van der Waals surface area contributed by atoms with Gasteiger partial charge in [-0.15, -0.1) is 6.42 Å². The number of hydrogen-bond donors (Lipinski definition) is 0. The number of terminal acetylenes is 1. The predicted octanol–water partition coefficient (Wildman–Crippen LogP) is 4.11. The Labute approximate surface area is 160 Å². The molecule has 1 aromatic heterocycles. The van der Waals surface area contributed by atoms with Crippen molar-refractivity contribution in [2.45, 2.75) is 20.4 Å². The molecule has 0 aliphatic rings. The quantitative estimate of drug-likeness (QED) is 0.635. The Kier molecular flexibility index (Phi) is 5.46. The van der Waals surface area contributed by atoms with Crippen molar-refractivity contribution in [3.05, 3.63) is 57.3 Å². The van der Waals surface area contributed by atoms with E-state index < -0.39 is 0 Å². The van der Waals surface area contributed by atoms with E-state index in [-0.39, 0.29) is 12.5 Å². The topological polar surface area (TPSA) is 43.6 Å². The standard InChI is InChI=1S/C20H17ClN2O2S/c1-4-9-23-17-11-13(2)10-14(3)19(17)26-20(23)22-18(24)12-25-16-7-5-15(21)6-8-16/h1,5-8,10-11H,9,12H2,2-3H3. The number of benzene rings is 2. The molecule has 132 valence electrons. The molecule has 0 bridgehead atoms. The summed E-state index contributed by atoms with van der Waals surface area (Å²) in [4.78, 5) is 17.1. The van der Waals surface area contributed by atoms with E-state index in [0.29, 0.717) is 22.1 Å². The molecule has 0 saturated heterocycles. The Balaban J connectivity index is 1.91. The molecule has 0 unspecified atom stereocenters. The van der Waals surface area contributed by atoms with Crippen LogP contribution < -0.4 is 9.54 Å². The number of halogens is 1. The molecule has 0 N–H and O–H groups in total. The summed E-state index contributed by atoms with van der Waals surface area (Å²) in [6, 6.07) is 11.0. The number of rotatable bonds is 4. The van der Waals surface area contributed by atoms with Gasteiger partial charge in [-0.25, -0.2) is 0 Å². The Bertz CT molecular complexity index is 1070. The zero-order chi connectivity index (χ0) is 18.7. The van der Waals surface area contributed by atoms with Crippen LogP contribution in [0.4, 0.5) is 0 Å². The number of nitrogens with zero attached hydrogens (tertiary/aromatic N) is 2. The summed E-state index contributed by atoms with van der Waals surface area (Å²) in [5, 5.41) is 0.611. The fourth-order valence-electron chi connectivity index (χ4n) is 2.66. The molecule has 1 amide bonds. The Morgan fingerprint density at radius 2 is 2.04 bits per heavy atom.